The maximum Gasteiger partial charge on any atom is 0.294 e. The van der Waals surface area contributed by atoms with Crippen molar-refractivity contribution in [1.82, 2.24) is 0 Å². The first-order valence-corrected chi connectivity index (χ1v) is 5.67. The average molecular weight is 249 g/mol. The molecule has 0 saturated carbocycles. The second-order valence-corrected chi connectivity index (χ2v) is 5.03. The van der Waals surface area contributed by atoms with Gasteiger partial charge in [0, 0.05) is 6.92 Å². The van der Waals surface area contributed by atoms with E-state index in [1.54, 1.807) is 0 Å². The van der Waals surface area contributed by atoms with Gasteiger partial charge in [-0.1, -0.05) is 11.8 Å². The fourth-order valence-corrected chi connectivity index (χ4v) is 2.88. The standard InChI is InChI=1S/C8H11NO6S/c1-4(10)16-6-3-14-7-5(15-9(11)12)2-13-8(6)7/h5-8H,2-3H2,1H3/t5?,6?,7-,8-/m1/s1. The Kier molecular flexibility index (Phi) is 3.31. The molecule has 16 heavy (non-hydrogen) atoms. The van der Waals surface area contributed by atoms with Crippen LogP contribution in [0.4, 0.5) is 0 Å². The smallest absolute Gasteiger partial charge is 0.294 e. The van der Waals surface area contributed by atoms with Crippen LogP contribution in [0.15, 0.2) is 0 Å². The lowest BCUT2D eigenvalue weighted by molar-refractivity contribution is -0.769. The highest BCUT2D eigenvalue weighted by molar-refractivity contribution is 8.14. The van der Waals surface area contributed by atoms with Crippen molar-refractivity contribution in [2.24, 2.45) is 0 Å². The van der Waals surface area contributed by atoms with Crippen molar-refractivity contribution in [1.29, 1.82) is 0 Å². The van der Waals surface area contributed by atoms with Gasteiger partial charge in [0.25, 0.3) is 5.09 Å². The van der Waals surface area contributed by atoms with Crippen LogP contribution < -0.4 is 0 Å². The van der Waals surface area contributed by atoms with Crippen LogP contribution in [0.5, 0.6) is 0 Å². The summed E-state index contributed by atoms with van der Waals surface area (Å²) in [5.41, 5.74) is 0. The first kappa shape index (κ1) is 11.6. The Hall–Kier alpha value is -0.860. The maximum absolute atomic E-state index is 11.0. The van der Waals surface area contributed by atoms with Crippen molar-refractivity contribution in [3.05, 3.63) is 10.1 Å². The summed E-state index contributed by atoms with van der Waals surface area (Å²) in [6.07, 6.45) is -1.42. The molecule has 0 aromatic heterocycles. The predicted molar refractivity (Wildman–Crippen MR) is 53.4 cm³/mol. The molecule has 0 amide bonds. The second-order valence-electron chi connectivity index (χ2n) is 3.61. The van der Waals surface area contributed by atoms with Crippen molar-refractivity contribution >= 4 is 16.9 Å². The van der Waals surface area contributed by atoms with Crippen LogP contribution >= 0.6 is 11.8 Å². The van der Waals surface area contributed by atoms with Crippen molar-refractivity contribution in [2.45, 2.75) is 30.5 Å². The van der Waals surface area contributed by atoms with E-state index in [0.717, 1.165) is 11.8 Å². The molecule has 2 heterocycles. The lowest BCUT2D eigenvalue weighted by Crippen LogP contribution is -2.33. The minimum atomic E-state index is -0.842. The van der Waals surface area contributed by atoms with E-state index in [1.165, 1.54) is 6.92 Å². The summed E-state index contributed by atoms with van der Waals surface area (Å²) in [7, 11) is 0. The molecule has 2 fully saturated rings. The summed E-state index contributed by atoms with van der Waals surface area (Å²) in [4.78, 5) is 25.6. The van der Waals surface area contributed by atoms with Crippen molar-refractivity contribution in [2.75, 3.05) is 13.2 Å². The number of carbonyl (C=O) groups is 1. The highest BCUT2D eigenvalue weighted by atomic mass is 32.2. The third-order valence-corrected chi connectivity index (χ3v) is 3.54. The van der Waals surface area contributed by atoms with Gasteiger partial charge in [0.1, 0.15) is 12.2 Å². The van der Waals surface area contributed by atoms with Crippen LogP contribution in [0.3, 0.4) is 0 Å². The number of hydrogen-bond acceptors (Lipinski definition) is 7. The molecule has 0 aromatic carbocycles. The van der Waals surface area contributed by atoms with E-state index in [2.05, 4.69) is 4.84 Å². The average Bonchev–Trinajstić information content (AvgIpc) is 2.70. The van der Waals surface area contributed by atoms with Crippen molar-refractivity contribution < 1.29 is 24.2 Å². The van der Waals surface area contributed by atoms with E-state index in [-0.39, 0.29) is 23.1 Å². The first-order valence-electron chi connectivity index (χ1n) is 4.79. The van der Waals surface area contributed by atoms with Crippen LogP contribution in [-0.2, 0) is 19.1 Å². The molecule has 0 radical (unpaired) electrons. The van der Waals surface area contributed by atoms with Gasteiger partial charge in [-0.05, 0) is 0 Å². The quantitative estimate of drug-likeness (QED) is 0.514. The number of rotatable bonds is 3. The number of nitrogens with zero attached hydrogens (tertiary/aromatic N) is 1. The number of hydrogen-bond donors (Lipinski definition) is 0. The van der Waals surface area contributed by atoms with Gasteiger partial charge in [-0.2, -0.15) is 0 Å². The van der Waals surface area contributed by atoms with Crippen LogP contribution in [-0.4, -0.2) is 47.0 Å². The van der Waals surface area contributed by atoms with Crippen molar-refractivity contribution in [3.8, 4) is 0 Å². The Balaban J connectivity index is 1.95. The number of fused-ring (bicyclic) bond motifs is 1. The van der Waals surface area contributed by atoms with E-state index in [9.17, 15) is 14.9 Å². The number of thioether (sulfide) groups is 1. The molecule has 0 bridgehead atoms. The van der Waals surface area contributed by atoms with Crippen LogP contribution in [0, 0.1) is 10.1 Å². The number of ether oxygens (including phenoxy) is 2. The van der Waals surface area contributed by atoms with Gasteiger partial charge in [-0.3, -0.25) is 4.79 Å². The van der Waals surface area contributed by atoms with E-state index >= 15 is 0 Å². The predicted octanol–water partition coefficient (Wildman–Crippen LogP) is 0.00920. The second kappa shape index (κ2) is 4.56. The Bertz CT molecular complexity index is 281. The molecule has 90 valence electrons. The fraction of sp³-hybridized carbons (Fsp3) is 0.875. The van der Waals surface area contributed by atoms with Gasteiger partial charge in [-0.25, -0.2) is 0 Å². The highest BCUT2D eigenvalue weighted by Gasteiger charge is 2.49. The van der Waals surface area contributed by atoms with E-state index in [0.29, 0.717) is 6.61 Å². The molecule has 2 aliphatic rings. The Morgan fingerprint density at radius 2 is 2.12 bits per heavy atom. The topological polar surface area (TPSA) is 87.9 Å². The molecule has 0 N–H and O–H groups in total. The van der Waals surface area contributed by atoms with Gasteiger partial charge in [0.05, 0.1) is 18.5 Å². The molecule has 2 aliphatic heterocycles. The summed E-state index contributed by atoms with van der Waals surface area (Å²) in [5, 5.41) is 9.26. The minimum Gasteiger partial charge on any atom is -0.372 e. The Morgan fingerprint density at radius 1 is 1.44 bits per heavy atom. The third-order valence-electron chi connectivity index (χ3n) is 2.50. The summed E-state index contributed by atoms with van der Waals surface area (Å²) in [6.45, 7) is 1.96. The molecular formula is C8H11NO6S. The van der Waals surface area contributed by atoms with Gasteiger partial charge in [-0.15, -0.1) is 10.1 Å². The van der Waals surface area contributed by atoms with Crippen molar-refractivity contribution in [3.63, 3.8) is 0 Å². The van der Waals surface area contributed by atoms with Gasteiger partial charge >= 0.3 is 0 Å². The maximum atomic E-state index is 11.0. The summed E-state index contributed by atoms with van der Waals surface area (Å²) in [5.74, 6) is 0. The molecule has 4 atom stereocenters. The highest BCUT2D eigenvalue weighted by Crippen LogP contribution is 2.35. The van der Waals surface area contributed by atoms with Gasteiger partial charge < -0.3 is 14.3 Å². The molecule has 0 spiro atoms. The van der Waals surface area contributed by atoms with Crippen LogP contribution in [0.25, 0.3) is 0 Å². The minimum absolute atomic E-state index is 0.0171. The molecule has 7 nitrogen and oxygen atoms in total. The van der Waals surface area contributed by atoms with Crippen LogP contribution in [0.2, 0.25) is 0 Å². The zero-order chi connectivity index (χ0) is 11.7. The summed E-state index contributed by atoms with van der Waals surface area (Å²) < 4.78 is 10.8. The van der Waals surface area contributed by atoms with E-state index < -0.39 is 17.3 Å². The molecule has 2 rings (SSSR count). The Morgan fingerprint density at radius 3 is 2.75 bits per heavy atom. The van der Waals surface area contributed by atoms with Gasteiger partial charge in [0.2, 0.25) is 0 Å². The zero-order valence-corrected chi connectivity index (χ0v) is 9.35. The molecule has 2 unspecified atom stereocenters. The lowest BCUT2D eigenvalue weighted by atomic mass is 10.1. The third kappa shape index (κ3) is 2.28. The fourth-order valence-electron chi connectivity index (χ4n) is 1.94. The van der Waals surface area contributed by atoms with Crippen LogP contribution in [0.1, 0.15) is 6.92 Å². The SMILES string of the molecule is CC(=O)SC1CO[C@@H]2C(O[N+](=O)[O-])CO[C@H]12. The van der Waals surface area contributed by atoms with E-state index in [4.69, 9.17) is 9.47 Å². The summed E-state index contributed by atoms with van der Waals surface area (Å²) >= 11 is 1.15. The van der Waals surface area contributed by atoms with E-state index in [1.807, 2.05) is 0 Å². The monoisotopic (exact) mass is 249 g/mol. The lowest BCUT2D eigenvalue weighted by Gasteiger charge is -2.14. The largest absolute Gasteiger partial charge is 0.372 e. The summed E-state index contributed by atoms with van der Waals surface area (Å²) in [6, 6.07) is 0. The molecule has 8 heteroatoms. The zero-order valence-electron chi connectivity index (χ0n) is 8.53. The number of carbonyl (C=O) groups excluding carboxylic acids is 1. The molecule has 0 aliphatic carbocycles. The molecular weight excluding hydrogens is 238 g/mol. The molecule has 0 aromatic rings. The molecule has 2 saturated heterocycles. The normalized spacial score (nSPS) is 37.1. The van der Waals surface area contributed by atoms with Gasteiger partial charge in [0.15, 0.2) is 11.2 Å². The Labute approximate surface area is 95.5 Å². The first-order chi connectivity index (χ1) is 7.58.